The van der Waals surface area contributed by atoms with Crippen LogP contribution in [-0.2, 0) is 11.3 Å². The molecule has 1 nitrogen and oxygen atoms in total. The molecule has 0 saturated carbocycles. The van der Waals surface area contributed by atoms with Crippen molar-refractivity contribution in [2.24, 2.45) is 0 Å². The first-order valence-electron chi connectivity index (χ1n) is 4.44. The molecule has 0 bridgehead atoms. The Balaban J connectivity index is 2.35. The lowest BCUT2D eigenvalue weighted by Gasteiger charge is -1.98. The lowest BCUT2D eigenvalue weighted by molar-refractivity contribution is 0.135. The third-order valence-electron chi connectivity index (χ3n) is 2.02. The summed E-state index contributed by atoms with van der Waals surface area (Å²) < 4.78 is 6.74. The van der Waals surface area contributed by atoms with Gasteiger partial charge in [0.05, 0.1) is 6.61 Å². The van der Waals surface area contributed by atoms with Gasteiger partial charge in [0.25, 0.3) is 0 Å². The quantitative estimate of drug-likeness (QED) is 0.724. The molecule has 1 aromatic carbocycles. The Morgan fingerprint density at radius 3 is 3.00 bits per heavy atom. The van der Waals surface area contributed by atoms with Crippen LogP contribution < -0.4 is 0 Å². The smallest absolute Gasteiger partial charge is 0.0730 e. The highest BCUT2D eigenvalue weighted by Gasteiger charge is 2.01. The molecule has 0 atom stereocenters. The Hall–Kier alpha value is -0.860. The van der Waals surface area contributed by atoms with Gasteiger partial charge in [-0.25, -0.2) is 0 Å². The van der Waals surface area contributed by atoms with Crippen LogP contribution in [0, 0.1) is 0 Å². The average Bonchev–Trinajstić information content (AvgIpc) is 2.58. The molecular formula is C11H12OS. The fourth-order valence-corrected chi connectivity index (χ4v) is 2.30. The second kappa shape index (κ2) is 3.90. The van der Waals surface area contributed by atoms with Crippen LogP contribution in [0.3, 0.4) is 0 Å². The van der Waals surface area contributed by atoms with Crippen LogP contribution >= 0.6 is 11.3 Å². The summed E-state index contributed by atoms with van der Waals surface area (Å²) in [6, 6.07) is 8.45. The summed E-state index contributed by atoms with van der Waals surface area (Å²) in [6.45, 7) is 3.54. The second-order valence-corrected chi connectivity index (χ2v) is 3.81. The minimum absolute atomic E-state index is 0.737. The number of hydrogen-bond donors (Lipinski definition) is 0. The van der Waals surface area contributed by atoms with Crippen LogP contribution in [0.25, 0.3) is 10.1 Å². The molecule has 0 saturated heterocycles. The Labute approximate surface area is 82.0 Å². The molecule has 0 fully saturated rings. The number of benzene rings is 1. The van der Waals surface area contributed by atoms with Gasteiger partial charge < -0.3 is 4.74 Å². The van der Waals surface area contributed by atoms with E-state index >= 15 is 0 Å². The third kappa shape index (κ3) is 1.74. The van der Waals surface area contributed by atoms with Crippen molar-refractivity contribution in [3.63, 3.8) is 0 Å². The fourth-order valence-electron chi connectivity index (χ4n) is 1.36. The minimum Gasteiger partial charge on any atom is -0.377 e. The largest absolute Gasteiger partial charge is 0.377 e. The van der Waals surface area contributed by atoms with Gasteiger partial charge in [-0.1, -0.05) is 18.2 Å². The van der Waals surface area contributed by atoms with Crippen molar-refractivity contribution < 1.29 is 4.74 Å². The topological polar surface area (TPSA) is 9.23 Å². The fraction of sp³-hybridized carbons (Fsp3) is 0.273. The van der Waals surface area contributed by atoms with Gasteiger partial charge in [0.2, 0.25) is 0 Å². The molecule has 0 aliphatic heterocycles. The van der Waals surface area contributed by atoms with Gasteiger partial charge >= 0.3 is 0 Å². The van der Waals surface area contributed by atoms with Crippen molar-refractivity contribution in [1.29, 1.82) is 0 Å². The van der Waals surface area contributed by atoms with Crippen molar-refractivity contribution >= 4 is 21.4 Å². The van der Waals surface area contributed by atoms with Gasteiger partial charge in [0.15, 0.2) is 0 Å². The maximum atomic E-state index is 5.39. The highest BCUT2D eigenvalue weighted by atomic mass is 32.1. The Morgan fingerprint density at radius 1 is 1.31 bits per heavy atom. The van der Waals surface area contributed by atoms with E-state index in [1.807, 2.05) is 6.92 Å². The Bertz CT molecular complexity index is 392. The van der Waals surface area contributed by atoms with Crippen molar-refractivity contribution in [3.05, 3.63) is 35.2 Å². The predicted octanol–water partition coefficient (Wildman–Crippen LogP) is 3.44. The number of hydrogen-bond acceptors (Lipinski definition) is 2. The van der Waals surface area contributed by atoms with Crippen molar-refractivity contribution in [2.75, 3.05) is 6.61 Å². The Kier molecular flexibility index (Phi) is 2.62. The van der Waals surface area contributed by atoms with E-state index in [9.17, 15) is 0 Å². The summed E-state index contributed by atoms with van der Waals surface area (Å²) in [6.07, 6.45) is 0. The molecular weight excluding hydrogens is 180 g/mol. The molecule has 2 heteroatoms. The molecule has 1 aromatic heterocycles. The van der Waals surface area contributed by atoms with Gasteiger partial charge in [-0.15, -0.1) is 11.3 Å². The average molecular weight is 192 g/mol. The zero-order chi connectivity index (χ0) is 9.10. The van der Waals surface area contributed by atoms with Crippen LogP contribution in [0.2, 0.25) is 0 Å². The SMILES string of the molecule is CCOCc1csc2ccccc12. The summed E-state index contributed by atoms with van der Waals surface area (Å²) in [7, 11) is 0. The highest BCUT2D eigenvalue weighted by Crippen LogP contribution is 2.25. The van der Waals surface area contributed by atoms with E-state index in [0.717, 1.165) is 13.2 Å². The summed E-state index contributed by atoms with van der Waals surface area (Å²) in [5.41, 5.74) is 1.31. The monoisotopic (exact) mass is 192 g/mol. The van der Waals surface area contributed by atoms with Crippen molar-refractivity contribution in [3.8, 4) is 0 Å². The van der Waals surface area contributed by atoms with E-state index in [0.29, 0.717) is 0 Å². The normalized spacial score (nSPS) is 10.8. The predicted molar refractivity (Wildman–Crippen MR) is 57.2 cm³/mol. The molecule has 0 unspecified atom stereocenters. The molecule has 0 radical (unpaired) electrons. The molecule has 13 heavy (non-hydrogen) atoms. The van der Waals surface area contributed by atoms with Gasteiger partial charge in [0, 0.05) is 11.3 Å². The zero-order valence-corrected chi connectivity index (χ0v) is 8.43. The zero-order valence-electron chi connectivity index (χ0n) is 7.62. The van der Waals surface area contributed by atoms with Crippen LogP contribution in [0.15, 0.2) is 29.6 Å². The first kappa shape index (κ1) is 8.73. The van der Waals surface area contributed by atoms with Crippen molar-refractivity contribution in [2.45, 2.75) is 13.5 Å². The lowest BCUT2D eigenvalue weighted by Crippen LogP contribution is -1.89. The standard InChI is InChI=1S/C11H12OS/c1-2-12-7-9-8-13-11-6-4-3-5-10(9)11/h3-6,8H,2,7H2,1H3. The van der Waals surface area contributed by atoms with Crippen LogP contribution in [0.1, 0.15) is 12.5 Å². The molecule has 0 aliphatic rings. The molecule has 2 aromatic rings. The van der Waals surface area contributed by atoms with Crippen LogP contribution in [-0.4, -0.2) is 6.61 Å². The summed E-state index contributed by atoms with van der Waals surface area (Å²) in [5.74, 6) is 0. The van der Waals surface area contributed by atoms with Gasteiger partial charge in [-0.3, -0.25) is 0 Å². The molecule has 0 N–H and O–H groups in total. The number of rotatable bonds is 3. The van der Waals surface area contributed by atoms with E-state index in [1.165, 1.54) is 15.6 Å². The number of thiophene rings is 1. The lowest BCUT2D eigenvalue weighted by atomic mass is 10.2. The summed E-state index contributed by atoms with van der Waals surface area (Å²) >= 11 is 1.78. The van der Waals surface area contributed by atoms with Gasteiger partial charge in [-0.2, -0.15) is 0 Å². The first-order chi connectivity index (χ1) is 6.42. The summed E-state index contributed by atoms with van der Waals surface area (Å²) in [5, 5.41) is 3.52. The molecule has 68 valence electrons. The molecule has 0 aliphatic carbocycles. The molecule has 1 heterocycles. The molecule has 2 rings (SSSR count). The van der Waals surface area contributed by atoms with E-state index in [4.69, 9.17) is 4.74 Å². The first-order valence-corrected chi connectivity index (χ1v) is 5.32. The summed E-state index contributed by atoms with van der Waals surface area (Å²) in [4.78, 5) is 0. The maximum absolute atomic E-state index is 5.39. The van der Waals surface area contributed by atoms with Gasteiger partial charge in [0.1, 0.15) is 0 Å². The minimum atomic E-state index is 0.737. The molecule has 0 amide bonds. The van der Waals surface area contributed by atoms with E-state index < -0.39 is 0 Å². The van der Waals surface area contributed by atoms with Crippen LogP contribution in [0.5, 0.6) is 0 Å². The number of fused-ring (bicyclic) bond motifs is 1. The van der Waals surface area contributed by atoms with E-state index in [2.05, 4.69) is 29.6 Å². The van der Waals surface area contributed by atoms with Crippen LogP contribution in [0.4, 0.5) is 0 Å². The van der Waals surface area contributed by atoms with Crippen molar-refractivity contribution in [1.82, 2.24) is 0 Å². The Morgan fingerprint density at radius 2 is 2.15 bits per heavy atom. The maximum Gasteiger partial charge on any atom is 0.0730 e. The van der Waals surface area contributed by atoms with E-state index in [1.54, 1.807) is 11.3 Å². The molecule has 0 spiro atoms. The highest BCUT2D eigenvalue weighted by molar-refractivity contribution is 7.17. The van der Waals surface area contributed by atoms with Gasteiger partial charge in [-0.05, 0) is 29.3 Å². The number of ether oxygens (including phenoxy) is 1. The van der Waals surface area contributed by atoms with E-state index in [-0.39, 0.29) is 0 Å². The third-order valence-corrected chi connectivity index (χ3v) is 3.04. The second-order valence-electron chi connectivity index (χ2n) is 2.89.